The summed E-state index contributed by atoms with van der Waals surface area (Å²) in [5.41, 5.74) is 8.53. The number of aromatic nitrogens is 8. The number of amides is 1. The summed E-state index contributed by atoms with van der Waals surface area (Å²) in [7, 11) is 0. The molecule has 0 atom stereocenters. The molecule has 4 heterocycles. The van der Waals surface area contributed by atoms with Crippen LogP contribution in [0.3, 0.4) is 0 Å². The van der Waals surface area contributed by atoms with Crippen molar-refractivity contribution in [1.29, 1.82) is 0 Å². The summed E-state index contributed by atoms with van der Waals surface area (Å²) in [6.45, 7) is 6.41. The van der Waals surface area contributed by atoms with Crippen molar-refractivity contribution in [2.75, 3.05) is 11.1 Å². The van der Waals surface area contributed by atoms with Gasteiger partial charge in [-0.25, -0.2) is 14.3 Å². The van der Waals surface area contributed by atoms with E-state index in [9.17, 15) is 4.79 Å². The first-order valence-electron chi connectivity index (χ1n) is 8.80. The average molecular weight is 380 g/mol. The summed E-state index contributed by atoms with van der Waals surface area (Å²) in [5, 5.41) is 11.5. The van der Waals surface area contributed by atoms with Gasteiger partial charge in [0.2, 0.25) is 11.9 Å². The second-order valence-electron chi connectivity index (χ2n) is 6.39. The molecule has 4 aromatic heterocycles. The lowest BCUT2D eigenvalue weighted by atomic mass is 10.4. The molecule has 0 saturated carbocycles. The minimum absolute atomic E-state index is 0.0263. The second-order valence-corrected chi connectivity index (χ2v) is 6.39. The number of carbonyl (C=O) groups excluding carboxylic acids is 1. The Bertz CT molecular complexity index is 1170. The van der Waals surface area contributed by atoms with Crippen LogP contribution in [-0.4, -0.2) is 45.0 Å². The monoisotopic (exact) mass is 380 g/mol. The van der Waals surface area contributed by atoms with Crippen LogP contribution in [0.15, 0.2) is 24.7 Å². The Morgan fingerprint density at radius 2 is 2.04 bits per heavy atom. The predicted molar refractivity (Wildman–Crippen MR) is 103 cm³/mol. The molecule has 4 aromatic rings. The fourth-order valence-corrected chi connectivity index (χ4v) is 2.98. The summed E-state index contributed by atoms with van der Waals surface area (Å²) in [4.78, 5) is 25.4. The molecule has 0 bridgehead atoms. The molecule has 28 heavy (non-hydrogen) atoms. The summed E-state index contributed by atoms with van der Waals surface area (Å²) in [6.07, 6.45) is 3.32. The van der Waals surface area contributed by atoms with Crippen molar-refractivity contribution >= 4 is 28.8 Å². The Morgan fingerprint density at radius 3 is 2.75 bits per heavy atom. The Kier molecular flexibility index (Phi) is 4.26. The van der Waals surface area contributed by atoms with E-state index in [4.69, 9.17) is 5.73 Å². The minimum atomic E-state index is -0.220. The van der Waals surface area contributed by atoms with E-state index >= 15 is 0 Å². The van der Waals surface area contributed by atoms with Gasteiger partial charge in [0, 0.05) is 18.8 Å². The van der Waals surface area contributed by atoms with Crippen LogP contribution in [-0.2, 0) is 17.9 Å². The predicted octanol–water partition coefficient (Wildman–Crippen LogP) is 1.07. The first kappa shape index (κ1) is 17.6. The fourth-order valence-electron chi connectivity index (χ4n) is 2.98. The van der Waals surface area contributed by atoms with Crippen molar-refractivity contribution in [3.8, 4) is 5.82 Å². The molecule has 1 amide bonds. The van der Waals surface area contributed by atoms with Gasteiger partial charge in [0.1, 0.15) is 12.4 Å². The maximum Gasteiger partial charge on any atom is 0.245 e. The van der Waals surface area contributed by atoms with E-state index in [1.54, 1.807) is 26.5 Å². The van der Waals surface area contributed by atoms with Crippen molar-refractivity contribution in [3.63, 3.8) is 0 Å². The van der Waals surface area contributed by atoms with Crippen molar-refractivity contribution in [3.05, 3.63) is 36.0 Å². The number of aryl methyl sites for hydroxylation is 3. The average Bonchev–Trinajstić information content (AvgIpc) is 3.34. The van der Waals surface area contributed by atoms with Crippen molar-refractivity contribution < 1.29 is 4.79 Å². The maximum atomic E-state index is 12.6. The zero-order valence-corrected chi connectivity index (χ0v) is 15.8. The molecule has 11 heteroatoms. The highest BCUT2D eigenvalue weighted by Crippen LogP contribution is 2.19. The molecule has 0 unspecified atom stereocenters. The largest absolute Gasteiger partial charge is 0.368 e. The Morgan fingerprint density at radius 1 is 1.21 bits per heavy atom. The van der Waals surface area contributed by atoms with Gasteiger partial charge in [0.05, 0.1) is 17.7 Å². The van der Waals surface area contributed by atoms with Crippen LogP contribution in [0.2, 0.25) is 0 Å². The van der Waals surface area contributed by atoms with Crippen molar-refractivity contribution in [1.82, 2.24) is 39.1 Å². The van der Waals surface area contributed by atoms with Crippen molar-refractivity contribution in [2.24, 2.45) is 0 Å². The van der Waals surface area contributed by atoms with E-state index in [0.29, 0.717) is 29.3 Å². The van der Waals surface area contributed by atoms with Crippen LogP contribution in [0.1, 0.15) is 18.3 Å². The van der Waals surface area contributed by atoms with Gasteiger partial charge in [-0.1, -0.05) is 0 Å². The lowest BCUT2D eigenvalue weighted by Gasteiger charge is -2.08. The molecule has 0 aliphatic rings. The Balaban J connectivity index is 1.64. The van der Waals surface area contributed by atoms with E-state index < -0.39 is 0 Å². The standard InChI is InChI=1S/C17H20N10O/c1-4-26-12(7-11(3)24-26)20-13(28)8-25-9-19-14-15(25)21-17(18)22-16(14)27-6-5-10(2)23-27/h5-7,9H,4,8H2,1-3H3,(H,20,28)(H2,18,21,22). The number of nitrogens with two attached hydrogens (primary N) is 1. The summed E-state index contributed by atoms with van der Waals surface area (Å²) in [6, 6.07) is 3.68. The summed E-state index contributed by atoms with van der Waals surface area (Å²) >= 11 is 0. The van der Waals surface area contributed by atoms with Gasteiger partial charge in [-0.2, -0.15) is 20.2 Å². The van der Waals surface area contributed by atoms with E-state index in [-0.39, 0.29) is 18.4 Å². The third kappa shape index (κ3) is 3.17. The zero-order valence-electron chi connectivity index (χ0n) is 15.8. The smallest absolute Gasteiger partial charge is 0.245 e. The van der Waals surface area contributed by atoms with E-state index in [0.717, 1.165) is 11.4 Å². The number of nitrogen functional groups attached to an aromatic ring is 1. The van der Waals surface area contributed by atoms with Crippen LogP contribution in [0, 0.1) is 13.8 Å². The molecular weight excluding hydrogens is 360 g/mol. The number of nitrogens with zero attached hydrogens (tertiary/aromatic N) is 8. The van der Waals surface area contributed by atoms with E-state index in [1.165, 1.54) is 0 Å². The molecule has 4 rings (SSSR count). The molecule has 11 nitrogen and oxygen atoms in total. The van der Waals surface area contributed by atoms with Gasteiger partial charge in [-0.3, -0.25) is 4.79 Å². The lowest BCUT2D eigenvalue weighted by molar-refractivity contribution is -0.116. The third-order valence-electron chi connectivity index (χ3n) is 4.19. The normalized spacial score (nSPS) is 11.2. The van der Waals surface area contributed by atoms with Gasteiger partial charge in [0.25, 0.3) is 0 Å². The highest BCUT2D eigenvalue weighted by Gasteiger charge is 2.17. The number of carbonyl (C=O) groups is 1. The molecule has 0 saturated heterocycles. The van der Waals surface area contributed by atoms with Crippen LogP contribution in [0.4, 0.5) is 11.8 Å². The number of hydrogen-bond donors (Lipinski definition) is 2. The van der Waals surface area contributed by atoms with E-state index in [2.05, 4.69) is 30.5 Å². The second kappa shape index (κ2) is 6.76. The lowest BCUT2D eigenvalue weighted by Crippen LogP contribution is -2.20. The number of nitrogens with one attached hydrogen (secondary N) is 1. The SMILES string of the molecule is CCn1nc(C)cc1NC(=O)Cn1cnc2c(-n3ccc(C)n3)nc(N)nc21. The van der Waals surface area contributed by atoms with Crippen LogP contribution < -0.4 is 11.1 Å². The summed E-state index contributed by atoms with van der Waals surface area (Å²) in [5.74, 6) is 0.978. The Labute approximate surface area is 160 Å². The number of imidazole rings is 1. The molecule has 3 N–H and O–H groups in total. The molecule has 0 aliphatic heterocycles. The van der Waals surface area contributed by atoms with Crippen molar-refractivity contribution in [2.45, 2.75) is 33.9 Å². The quantitative estimate of drug-likeness (QED) is 0.529. The first-order valence-corrected chi connectivity index (χ1v) is 8.80. The number of hydrogen-bond acceptors (Lipinski definition) is 7. The van der Waals surface area contributed by atoms with Gasteiger partial charge < -0.3 is 15.6 Å². The van der Waals surface area contributed by atoms with Crippen LogP contribution in [0.25, 0.3) is 17.0 Å². The first-order chi connectivity index (χ1) is 13.4. The van der Waals surface area contributed by atoms with Gasteiger partial charge in [-0.15, -0.1) is 0 Å². The molecule has 144 valence electrons. The van der Waals surface area contributed by atoms with Crippen LogP contribution >= 0.6 is 0 Å². The topological polar surface area (TPSA) is 134 Å². The van der Waals surface area contributed by atoms with Gasteiger partial charge in [0.15, 0.2) is 17.0 Å². The van der Waals surface area contributed by atoms with Crippen LogP contribution in [0.5, 0.6) is 0 Å². The van der Waals surface area contributed by atoms with Gasteiger partial charge >= 0.3 is 0 Å². The minimum Gasteiger partial charge on any atom is -0.368 e. The number of fused-ring (bicyclic) bond motifs is 1. The number of anilines is 2. The molecule has 0 spiro atoms. The highest BCUT2D eigenvalue weighted by atomic mass is 16.2. The summed E-state index contributed by atoms with van der Waals surface area (Å²) < 4.78 is 4.95. The molecule has 0 radical (unpaired) electrons. The number of rotatable bonds is 5. The maximum absolute atomic E-state index is 12.6. The van der Waals surface area contributed by atoms with Gasteiger partial charge in [-0.05, 0) is 26.8 Å². The Hall–Kier alpha value is -3.76. The zero-order chi connectivity index (χ0) is 19.8. The van der Waals surface area contributed by atoms with E-state index in [1.807, 2.05) is 32.9 Å². The molecule has 0 aromatic carbocycles. The third-order valence-corrected chi connectivity index (χ3v) is 4.19. The molecule has 0 fully saturated rings. The fraction of sp³-hybridized carbons (Fsp3) is 0.294. The highest BCUT2D eigenvalue weighted by molar-refractivity contribution is 5.91. The molecule has 0 aliphatic carbocycles. The molecular formula is C17H20N10O.